The maximum absolute atomic E-state index is 7.97. The first-order chi connectivity index (χ1) is 13.6. The van der Waals surface area contributed by atoms with Crippen molar-refractivity contribution < 1.29 is 0 Å². The van der Waals surface area contributed by atoms with Crippen molar-refractivity contribution in [2.75, 3.05) is 0 Å². The molecule has 2 aromatic heterocycles. The highest BCUT2D eigenvalue weighted by Crippen LogP contribution is 2.11. The lowest BCUT2D eigenvalue weighted by Crippen LogP contribution is -2.21. The van der Waals surface area contributed by atoms with Gasteiger partial charge in [0.1, 0.15) is 11.0 Å². The minimum Gasteiger partial charge on any atom is -0.331 e. The highest BCUT2D eigenvalue weighted by atomic mass is 79.9. The molecule has 0 aliphatic rings. The Balaban J connectivity index is 0.00000420. The normalized spacial score (nSPS) is 10.3. The summed E-state index contributed by atoms with van der Waals surface area (Å²) in [4.78, 5) is 0. The third kappa shape index (κ3) is 10.3. The Morgan fingerprint density at radius 1 is 0.533 bits per heavy atom. The van der Waals surface area contributed by atoms with Crippen molar-refractivity contribution >= 4 is 34.0 Å². The molecule has 2 rings (SSSR count). The Morgan fingerprint density at radius 2 is 0.833 bits per heavy atom. The van der Waals surface area contributed by atoms with Gasteiger partial charge in [-0.05, 0) is 51.0 Å². The van der Waals surface area contributed by atoms with Crippen LogP contribution < -0.4 is 11.0 Å². The fraction of sp³-hybridized carbons (Fsp3) is 0.583. The predicted octanol–water partition coefficient (Wildman–Crippen LogP) is 6.62. The maximum Gasteiger partial charge on any atom is 0.124 e. The highest BCUT2D eigenvalue weighted by molar-refractivity contribution is 8.93. The molecule has 0 atom stereocenters. The third-order valence-electron chi connectivity index (χ3n) is 5.63. The summed E-state index contributed by atoms with van der Waals surface area (Å²) >= 11 is 0. The first-order valence-electron chi connectivity index (χ1n) is 11.0. The summed E-state index contributed by atoms with van der Waals surface area (Å²) in [5, 5.41) is 15.9. The molecule has 0 amide bonds. The van der Waals surface area contributed by atoms with Crippen molar-refractivity contribution in [3.05, 3.63) is 58.8 Å². The lowest BCUT2D eigenvalue weighted by Gasteiger charge is -2.11. The second kappa shape index (κ2) is 16.5. The van der Waals surface area contributed by atoms with Crippen LogP contribution in [-0.2, 0) is 13.1 Å². The number of nitrogens with zero attached hydrogens (tertiary/aromatic N) is 2. The lowest BCUT2D eigenvalue weighted by atomic mass is 10.1. The van der Waals surface area contributed by atoms with E-state index in [1.807, 2.05) is 24.3 Å². The van der Waals surface area contributed by atoms with Gasteiger partial charge in [0.05, 0.1) is 0 Å². The third-order valence-corrected chi connectivity index (χ3v) is 5.63. The average molecular weight is 544 g/mol. The fourth-order valence-electron chi connectivity index (χ4n) is 3.84. The molecule has 0 radical (unpaired) electrons. The van der Waals surface area contributed by atoms with Crippen molar-refractivity contribution in [2.45, 2.75) is 91.1 Å². The van der Waals surface area contributed by atoms with Crippen LogP contribution in [0, 0.1) is 24.7 Å². The smallest absolute Gasteiger partial charge is 0.124 e. The molecule has 0 spiro atoms. The molecule has 170 valence electrons. The molecule has 0 aliphatic heterocycles. The quantitative estimate of drug-likeness (QED) is 0.267. The largest absolute Gasteiger partial charge is 0.331 e. The van der Waals surface area contributed by atoms with Crippen LogP contribution in [0.1, 0.15) is 75.6 Å². The van der Waals surface area contributed by atoms with Crippen molar-refractivity contribution in [1.29, 1.82) is 10.8 Å². The molecule has 0 bridgehead atoms. The van der Waals surface area contributed by atoms with Crippen LogP contribution in [0.2, 0.25) is 0 Å². The molecule has 2 aromatic rings. The van der Waals surface area contributed by atoms with Gasteiger partial charge in [-0.3, -0.25) is 10.8 Å². The highest BCUT2D eigenvalue weighted by Gasteiger charge is 1.99. The van der Waals surface area contributed by atoms with Crippen LogP contribution in [0.15, 0.2) is 36.4 Å². The monoisotopic (exact) mass is 542 g/mol. The van der Waals surface area contributed by atoms with E-state index < -0.39 is 0 Å². The molecular weight excluding hydrogens is 504 g/mol. The average Bonchev–Trinajstić information content (AvgIpc) is 2.66. The summed E-state index contributed by atoms with van der Waals surface area (Å²) in [5.41, 5.74) is 3.62. The Bertz CT molecular complexity index is 757. The molecule has 0 aliphatic carbocycles. The molecule has 6 heteroatoms. The number of unbranched alkanes of at least 4 members (excludes halogenated alkanes) is 9. The molecule has 0 fully saturated rings. The van der Waals surface area contributed by atoms with Crippen molar-refractivity contribution in [1.82, 2.24) is 9.13 Å². The number of halogens is 2. The first kappa shape index (κ1) is 28.9. The van der Waals surface area contributed by atoms with E-state index in [1.54, 1.807) is 0 Å². The van der Waals surface area contributed by atoms with Gasteiger partial charge in [0.25, 0.3) is 0 Å². The van der Waals surface area contributed by atoms with Crippen LogP contribution in [0.3, 0.4) is 0 Å². The van der Waals surface area contributed by atoms with E-state index in [-0.39, 0.29) is 34.0 Å². The van der Waals surface area contributed by atoms with Crippen LogP contribution in [-0.4, -0.2) is 9.13 Å². The second-order valence-electron chi connectivity index (χ2n) is 7.94. The zero-order valence-corrected chi connectivity index (χ0v) is 22.1. The second-order valence-corrected chi connectivity index (χ2v) is 7.94. The topological polar surface area (TPSA) is 57.6 Å². The number of rotatable bonds is 13. The summed E-state index contributed by atoms with van der Waals surface area (Å²) in [5.74, 6) is 0. The first-order valence-corrected chi connectivity index (χ1v) is 11.0. The van der Waals surface area contributed by atoms with Crippen LogP contribution in [0.4, 0.5) is 0 Å². The summed E-state index contributed by atoms with van der Waals surface area (Å²) in [6, 6.07) is 11.8. The summed E-state index contributed by atoms with van der Waals surface area (Å²) < 4.78 is 4.22. The van der Waals surface area contributed by atoms with Gasteiger partial charge in [0, 0.05) is 24.5 Å². The van der Waals surface area contributed by atoms with Crippen molar-refractivity contribution in [3.63, 3.8) is 0 Å². The number of aromatic nitrogens is 2. The molecule has 30 heavy (non-hydrogen) atoms. The van der Waals surface area contributed by atoms with E-state index >= 15 is 0 Å². The SMILES string of the molecule is Br.Br.Cc1cccc(=N)n1CCCCCCCCCCCCn1c(C)cccc1=N. The molecule has 2 heterocycles. The predicted molar refractivity (Wildman–Crippen MR) is 137 cm³/mol. The van der Waals surface area contributed by atoms with Crippen LogP contribution in [0.5, 0.6) is 0 Å². The number of nitrogens with one attached hydrogen (secondary N) is 2. The zero-order valence-electron chi connectivity index (χ0n) is 18.7. The van der Waals surface area contributed by atoms with Gasteiger partial charge in [-0.1, -0.05) is 63.5 Å². The molecule has 4 nitrogen and oxygen atoms in total. The van der Waals surface area contributed by atoms with E-state index in [9.17, 15) is 0 Å². The Morgan fingerprint density at radius 3 is 1.13 bits per heavy atom. The Kier molecular flexibility index (Phi) is 15.9. The standard InChI is InChI=1S/C24H38N4.2BrH/c1-21-15-13-17-23(25)27(21)19-11-9-7-5-3-4-6-8-10-12-20-28-22(2)16-14-18-24(28)26;;/h13-18,25-26H,3-12,19-20H2,1-2H3;2*1H. The molecular formula is C24H40Br2N4. The van der Waals surface area contributed by atoms with E-state index in [4.69, 9.17) is 10.8 Å². The van der Waals surface area contributed by atoms with E-state index in [0.29, 0.717) is 11.0 Å². The number of hydrogen-bond acceptors (Lipinski definition) is 2. The molecule has 2 N–H and O–H groups in total. The van der Waals surface area contributed by atoms with Gasteiger partial charge in [0.15, 0.2) is 0 Å². The molecule has 0 unspecified atom stereocenters. The van der Waals surface area contributed by atoms with Gasteiger partial charge in [-0.15, -0.1) is 34.0 Å². The van der Waals surface area contributed by atoms with Crippen LogP contribution >= 0.6 is 34.0 Å². The van der Waals surface area contributed by atoms with Crippen molar-refractivity contribution in [3.8, 4) is 0 Å². The van der Waals surface area contributed by atoms with Gasteiger partial charge >= 0.3 is 0 Å². The van der Waals surface area contributed by atoms with Gasteiger partial charge in [0.2, 0.25) is 0 Å². The minimum atomic E-state index is 0. The number of aryl methyl sites for hydroxylation is 2. The molecule has 0 aromatic carbocycles. The Labute approximate surface area is 203 Å². The van der Waals surface area contributed by atoms with Crippen molar-refractivity contribution in [2.24, 2.45) is 0 Å². The van der Waals surface area contributed by atoms with E-state index in [1.165, 1.54) is 75.6 Å². The molecule has 0 saturated carbocycles. The van der Waals surface area contributed by atoms with E-state index in [0.717, 1.165) is 13.1 Å². The fourth-order valence-corrected chi connectivity index (χ4v) is 3.84. The summed E-state index contributed by atoms with van der Waals surface area (Å²) in [6.07, 6.45) is 12.9. The summed E-state index contributed by atoms with van der Waals surface area (Å²) in [6.45, 7) is 6.13. The number of hydrogen-bond donors (Lipinski definition) is 2. The van der Waals surface area contributed by atoms with Crippen LogP contribution in [0.25, 0.3) is 0 Å². The number of pyridine rings is 2. The molecule has 0 saturated heterocycles. The summed E-state index contributed by atoms with van der Waals surface area (Å²) in [7, 11) is 0. The van der Waals surface area contributed by atoms with E-state index in [2.05, 4.69) is 35.1 Å². The maximum atomic E-state index is 7.97. The zero-order chi connectivity index (χ0) is 20.2. The van der Waals surface area contributed by atoms with Gasteiger partial charge < -0.3 is 9.13 Å². The van der Waals surface area contributed by atoms with Gasteiger partial charge in [-0.2, -0.15) is 0 Å². The Hall–Kier alpha value is -1.14. The van der Waals surface area contributed by atoms with Gasteiger partial charge in [-0.25, -0.2) is 0 Å². The minimum absolute atomic E-state index is 0. The lowest BCUT2D eigenvalue weighted by molar-refractivity contribution is 0.509.